The molecule has 0 atom stereocenters. The van der Waals surface area contributed by atoms with E-state index in [0.29, 0.717) is 10.1 Å². The van der Waals surface area contributed by atoms with Gasteiger partial charge in [-0.1, -0.05) is 140 Å². The molecular formula is C22H32NbSi2. The molecule has 0 fully saturated rings. The molecule has 2 aromatic carbocycles. The largest absolute Gasteiger partial charge is 2.00 e. The Morgan fingerprint density at radius 3 is 1.00 bits per heavy atom. The van der Waals surface area contributed by atoms with Gasteiger partial charge >= 0.3 is 22.4 Å². The minimum atomic E-state index is -0.633. The van der Waals surface area contributed by atoms with Crippen LogP contribution in [0.15, 0.2) is 60.7 Å². The predicted molar refractivity (Wildman–Crippen MR) is 114 cm³/mol. The van der Waals surface area contributed by atoms with E-state index in [2.05, 4.69) is 115 Å². The third-order valence-corrected chi connectivity index (χ3v) is 9.74. The third kappa shape index (κ3) is 8.70. The summed E-state index contributed by atoms with van der Waals surface area (Å²) in [6, 6.07) is 21.2. The van der Waals surface area contributed by atoms with Crippen molar-refractivity contribution in [3.8, 4) is 0 Å². The van der Waals surface area contributed by atoms with Crippen LogP contribution in [0.4, 0.5) is 0 Å². The van der Waals surface area contributed by atoms with Crippen LogP contribution in [-0.4, -0.2) is 17.6 Å². The molecule has 0 N–H and O–H groups in total. The molecule has 25 heavy (non-hydrogen) atoms. The van der Waals surface area contributed by atoms with Gasteiger partial charge in [0.15, 0.2) is 0 Å². The van der Waals surface area contributed by atoms with Crippen LogP contribution in [-0.2, 0) is 22.4 Å². The summed E-state index contributed by atoms with van der Waals surface area (Å²) in [5.74, 6) is 0. The molecule has 0 aliphatic heterocycles. The monoisotopic (exact) mass is 445 g/mol. The van der Waals surface area contributed by atoms with Crippen molar-refractivity contribution in [2.24, 2.45) is 0 Å². The molecule has 2 aromatic rings. The van der Waals surface area contributed by atoms with Crippen LogP contribution in [0.25, 0.3) is 0 Å². The Hall–Kier alpha value is -0.386. The summed E-state index contributed by atoms with van der Waals surface area (Å²) < 4.78 is 0. The van der Waals surface area contributed by atoms with E-state index in [1.165, 1.54) is 10.4 Å². The molecule has 0 spiro atoms. The molecule has 0 aliphatic carbocycles. The summed E-state index contributed by atoms with van der Waals surface area (Å²) in [5.41, 5.74) is 0. The predicted octanol–water partition coefficient (Wildman–Crippen LogP) is 5.12. The van der Waals surface area contributed by atoms with Crippen molar-refractivity contribution in [3.05, 3.63) is 73.8 Å². The first kappa shape index (κ1) is 24.6. The van der Waals surface area contributed by atoms with Crippen LogP contribution >= 0.6 is 0 Å². The average molecular weight is 446 g/mol. The first-order valence-electron chi connectivity index (χ1n) is 8.53. The zero-order valence-electron chi connectivity index (χ0n) is 16.6. The Morgan fingerprint density at radius 2 is 0.800 bits per heavy atom. The molecule has 0 saturated carbocycles. The topological polar surface area (TPSA) is 0 Å². The molecule has 0 saturated heterocycles. The number of hydrogen-bond acceptors (Lipinski definition) is 0. The van der Waals surface area contributed by atoms with Crippen molar-refractivity contribution < 1.29 is 22.4 Å². The van der Waals surface area contributed by atoms with Gasteiger partial charge in [0.2, 0.25) is 0 Å². The first-order valence-corrected chi connectivity index (χ1v) is 11.9. The van der Waals surface area contributed by atoms with E-state index in [4.69, 9.17) is 0 Å². The van der Waals surface area contributed by atoms with Crippen LogP contribution < -0.4 is 10.4 Å². The summed E-state index contributed by atoms with van der Waals surface area (Å²) in [4.78, 5) is 0. The molecule has 2 rings (SSSR count). The average Bonchev–Trinajstić information content (AvgIpc) is 2.54. The van der Waals surface area contributed by atoms with Gasteiger partial charge in [-0.05, 0) is 0 Å². The fourth-order valence-electron chi connectivity index (χ4n) is 2.14. The molecule has 0 aromatic heterocycles. The Morgan fingerprint density at radius 1 is 0.560 bits per heavy atom. The SMILES string of the molecule is [CH2-][Si](c1ccccc1)C(C)(C)C.[CH2-][Si](c1ccccc1)C(C)(C)C.[Nb+2]. The zero-order chi connectivity index (χ0) is 18.4. The summed E-state index contributed by atoms with van der Waals surface area (Å²) in [6.45, 7) is 22.2. The molecule has 0 nitrogen and oxygen atoms in total. The molecule has 0 aliphatic rings. The summed E-state index contributed by atoms with van der Waals surface area (Å²) >= 11 is 0. The van der Waals surface area contributed by atoms with Crippen molar-refractivity contribution in [2.75, 3.05) is 0 Å². The Bertz CT molecular complexity index is 527. The van der Waals surface area contributed by atoms with Crippen molar-refractivity contribution in [1.29, 1.82) is 0 Å². The number of rotatable bonds is 2. The van der Waals surface area contributed by atoms with E-state index < -0.39 is 17.6 Å². The van der Waals surface area contributed by atoms with Crippen molar-refractivity contribution in [3.63, 3.8) is 0 Å². The molecule has 3 heteroatoms. The summed E-state index contributed by atoms with van der Waals surface area (Å²) in [5, 5.41) is 3.56. The van der Waals surface area contributed by atoms with Gasteiger partial charge in [-0.25, -0.2) is 0 Å². The fraction of sp³-hybridized carbons (Fsp3) is 0.364. The minimum absolute atomic E-state index is 0. The smallest absolute Gasteiger partial charge is 0.340 e. The van der Waals surface area contributed by atoms with Gasteiger partial charge in [-0.3, -0.25) is 0 Å². The summed E-state index contributed by atoms with van der Waals surface area (Å²) in [7, 11) is -1.27. The fourth-order valence-corrected chi connectivity index (χ4v) is 5.07. The quantitative estimate of drug-likeness (QED) is 0.445. The molecular weight excluding hydrogens is 413 g/mol. The van der Waals surface area contributed by atoms with Gasteiger partial charge < -0.3 is 13.1 Å². The summed E-state index contributed by atoms with van der Waals surface area (Å²) in [6.07, 6.45) is 0. The third-order valence-electron chi connectivity index (χ3n) is 4.06. The second kappa shape index (κ2) is 10.7. The van der Waals surface area contributed by atoms with Gasteiger partial charge in [-0.2, -0.15) is 0 Å². The van der Waals surface area contributed by atoms with Crippen molar-refractivity contribution >= 4 is 28.0 Å². The Balaban J connectivity index is 0.000000443. The minimum Gasteiger partial charge on any atom is -0.340 e. The maximum atomic E-state index is 4.28. The van der Waals surface area contributed by atoms with E-state index in [9.17, 15) is 0 Å². The van der Waals surface area contributed by atoms with Crippen molar-refractivity contribution in [1.82, 2.24) is 0 Å². The maximum Gasteiger partial charge on any atom is 2.00 e. The van der Waals surface area contributed by atoms with Crippen LogP contribution in [0.3, 0.4) is 0 Å². The standard InChI is InChI=1S/2C11H16Si.Nb/c2*1-11(2,3)12(4)10-8-6-5-7-9-10;/h2*5-9H,4H2,1-3H3;/q2*-1;+2. The normalized spacial score (nSPS) is 11.6. The van der Waals surface area contributed by atoms with E-state index >= 15 is 0 Å². The van der Waals surface area contributed by atoms with E-state index in [1.54, 1.807) is 0 Å². The second-order valence-electron chi connectivity index (χ2n) is 8.19. The molecule has 0 heterocycles. The van der Waals surface area contributed by atoms with Crippen LogP contribution in [0.5, 0.6) is 0 Å². The molecule has 0 unspecified atom stereocenters. The van der Waals surface area contributed by atoms with Crippen LogP contribution in [0.2, 0.25) is 10.1 Å². The second-order valence-corrected chi connectivity index (χ2v) is 14.3. The molecule has 0 bridgehead atoms. The van der Waals surface area contributed by atoms with Gasteiger partial charge in [0.25, 0.3) is 0 Å². The Labute approximate surface area is 175 Å². The molecule has 133 valence electrons. The van der Waals surface area contributed by atoms with Gasteiger partial charge in [-0.15, -0.1) is 0 Å². The van der Waals surface area contributed by atoms with Gasteiger partial charge in [0.05, 0.1) is 0 Å². The molecule has 0 amide bonds. The zero-order valence-corrected chi connectivity index (χ0v) is 20.8. The van der Waals surface area contributed by atoms with Crippen LogP contribution in [0.1, 0.15) is 41.5 Å². The number of benzene rings is 2. The number of hydrogen-bond donors (Lipinski definition) is 0. The van der Waals surface area contributed by atoms with E-state index in [-0.39, 0.29) is 22.4 Å². The maximum absolute atomic E-state index is 4.28. The van der Waals surface area contributed by atoms with Crippen LogP contribution in [0, 0.1) is 13.1 Å². The molecule has 3 radical (unpaired) electrons. The van der Waals surface area contributed by atoms with Gasteiger partial charge in [0, 0.05) is 0 Å². The van der Waals surface area contributed by atoms with Crippen molar-refractivity contribution in [2.45, 2.75) is 51.6 Å². The Kier molecular flexibility index (Phi) is 10.5. The van der Waals surface area contributed by atoms with E-state index in [0.717, 1.165) is 0 Å². The first-order chi connectivity index (χ1) is 11.0. The van der Waals surface area contributed by atoms with E-state index in [1.807, 2.05) is 0 Å². The van der Waals surface area contributed by atoms with Gasteiger partial charge in [0.1, 0.15) is 0 Å².